The van der Waals surface area contributed by atoms with Gasteiger partial charge in [-0.2, -0.15) is 0 Å². The number of aromatic hydroxyl groups is 2. The van der Waals surface area contributed by atoms with Crippen LogP contribution in [0.2, 0.25) is 0 Å². The smallest absolute Gasteiger partial charge is 0.351 e. The lowest BCUT2D eigenvalue weighted by molar-refractivity contribution is 0.0976. The van der Waals surface area contributed by atoms with Gasteiger partial charge in [-0.15, -0.1) is 0 Å². The predicted molar refractivity (Wildman–Crippen MR) is 122 cm³/mol. The van der Waals surface area contributed by atoms with Gasteiger partial charge in [0.25, 0.3) is 5.95 Å². The van der Waals surface area contributed by atoms with E-state index in [4.69, 9.17) is 9.15 Å². The first-order valence-corrected chi connectivity index (χ1v) is 10.4. The molecule has 1 aromatic heterocycles. The highest BCUT2D eigenvalue weighted by atomic mass is 16.5. The van der Waals surface area contributed by atoms with Gasteiger partial charge in [-0.25, -0.2) is 4.79 Å². The van der Waals surface area contributed by atoms with Crippen molar-refractivity contribution >= 4 is 17.2 Å². The number of carbonyl (C=O) groups is 1. The SMILES string of the molecule is CCC(=O)c1c(O)oc(=O)c(C(CC)=Nc2ccc(OCCc3ccccc3)cc2)c1O. The number of hydrogen-bond donors (Lipinski definition) is 2. The molecule has 0 saturated heterocycles. The molecular weight excluding hydrogens is 410 g/mol. The first-order chi connectivity index (χ1) is 15.4. The lowest BCUT2D eigenvalue weighted by Gasteiger charge is -2.10. The summed E-state index contributed by atoms with van der Waals surface area (Å²) in [6.07, 6.45) is 1.10. The van der Waals surface area contributed by atoms with Crippen molar-refractivity contribution in [3.05, 3.63) is 81.7 Å². The van der Waals surface area contributed by atoms with E-state index in [9.17, 15) is 19.8 Å². The summed E-state index contributed by atoms with van der Waals surface area (Å²) in [7, 11) is 0. The van der Waals surface area contributed by atoms with E-state index >= 15 is 0 Å². The van der Waals surface area contributed by atoms with Crippen molar-refractivity contribution in [1.29, 1.82) is 0 Å². The third kappa shape index (κ3) is 5.24. The number of ether oxygens (including phenoxy) is 1. The molecule has 1 heterocycles. The molecule has 0 spiro atoms. The van der Waals surface area contributed by atoms with E-state index < -0.39 is 28.7 Å². The Morgan fingerprint density at radius 2 is 1.66 bits per heavy atom. The molecule has 2 aromatic carbocycles. The largest absolute Gasteiger partial charge is 0.506 e. The monoisotopic (exact) mass is 435 g/mol. The normalized spacial score (nSPS) is 11.4. The highest BCUT2D eigenvalue weighted by molar-refractivity contribution is 6.08. The minimum absolute atomic E-state index is 0.0264. The van der Waals surface area contributed by atoms with Gasteiger partial charge in [0.05, 0.1) is 18.0 Å². The molecule has 166 valence electrons. The second-order valence-electron chi connectivity index (χ2n) is 7.06. The Hall–Kier alpha value is -3.87. The van der Waals surface area contributed by atoms with Gasteiger partial charge in [0.15, 0.2) is 5.78 Å². The average molecular weight is 435 g/mol. The van der Waals surface area contributed by atoms with Crippen LogP contribution in [0, 0.1) is 0 Å². The number of aliphatic imine (C=N–C) groups is 1. The Balaban J connectivity index is 1.81. The minimum Gasteiger partial charge on any atom is -0.506 e. The van der Waals surface area contributed by atoms with Crippen LogP contribution >= 0.6 is 0 Å². The van der Waals surface area contributed by atoms with E-state index in [1.165, 1.54) is 5.56 Å². The van der Waals surface area contributed by atoms with Gasteiger partial charge in [-0.1, -0.05) is 44.2 Å². The molecule has 0 aliphatic heterocycles. The summed E-state index contributed by atoms with van der Waals surface area (Å²) in [5, 5.41) is 20.3. The van der Waals surface area contributed by atoms with Crippen LogP contribution in [0.5, 0.6) is 17.4 Å². The van der Waals surface area contributed by atoms with Crippen molar-refractivity contribution in [3.63, 3.8) is 0 Å². The number of Topliss-reactive ketones (excluding diaryl/α,β-unsaturated/α-hetero) is 1. The first-order valence-electron chi connectivity index (χ1n) is 10.4. The molecule has 7 heteroatoms. The van der Waals surface area contributed by atoms with Gasteiger partial charge in [0.1, 0.15) is 22.6 Å². The maximum atomic E-state index is 12.3. The molecule has 0 unspecified atom stereocenters. The van der Waals surface area contributed by atoms with Gasteiger partial charge in [-0.3, -0.25) is 9.79 Å². The summed E-state index contributed by atoms with van der Waals surface area (Å²) in [5.41, 5.74) is 0.353. The van der Waals surface area contributed by atoms with Crippen LogP contribution in [0.1, 0.15) is 48.2 Å². The summed E-state index contributed by atoms with van der Waals surface area (Å²) in [5.74, 6) is -1.37. The molecule has 2 N–H and O–H groups in total. The number of hydrogen-bond acceptors (Lipinski definition) is 7. The van der Waals surface area contributed by atoms with Crippen LogP contribution in [-0.4, -0.2) is 28.3 Å². The lowest BCUT2D eigenvalue weighted by Crippen LogP contribution is -2.17. The van der Waals surface area contributed by atoms with E-state index in [-0.39, 0.29) is 24.1 Å². The van der Waals surface area contributed by atoms with Crippen LogP contribution in [0.3, 0.4) is 0 Å². The van der Waals surface area contributed by atoms with E-state index in [1.54, 1.807) is 38.1 Å². The summed E-state index contributed by atoms with van der Waals surface area (Å²) in [6.45, 7) is 3.86. The van der Waals surface area contributed by atoms with Crippen LogP contribution in [-0.2, 0) is 6.42 Å². The van der Waals surface area contributed by atoms with Gasteiger partial charge < -0.3 is 19.4 Å². The Kier molecular flexibility index (Phi) is 7.44. The molecule has 32 heavy (non-hydrogen) atoms. The molecule has 0 amide bonds. The van der Waals surface area contributed by atoms with Crippen molar-refractivity contribution in [2.24, 2.45) is 4.99 Å². The van der Waals surface area contributed by atoms with Crippen LogP contribution in [0.25, 0.3) is 0 Å². The van der Waals surface area contributed by atoms with Crippen molar-refractivity contribution < 1.29 is 24.2 Å². The van der Waals surface area contributed by atoms with Gasteiger partial charge in [0, 0.05) is 12.8 Å². The minimum atomic E-state index is -0.964. The van der Waals surface area contributed by atoms with Gasteiger partial charge in [-0.05, 0) is 36.2 Å². The molecule has 0 aliphatic rings. The number of carbonyl (C=O) groups excluding carboxylic acids is 1. The number of ketones is 1. The summed E-state index contributed by atoms with van der Waals surface area (Å²) >= 11 is 0. The predicted octanol–water partition coefficient (Wildman–Crippen LogP) is 4.80. The third-order valence-corrected chi connectivity index (χ3v) is 4.91. The highest BCUT2D eigenvalue weighted by Crippen LogP contribution is 2.31. The average Bonchev–Trinajstić information content (AvgIpc) is 2.79. The fourth-order valence-electron chi connectivity index (χ4n) is 3.21. The molecule has 0 fully saturated rings. The zero-order valence-corrected chi connectivity index (χ0v) is 18.0. The molecule has 0 bridgehead atoms. The molecular formula is C25H25NO6. The van der Waals surface area contributed by atoms with Gasteiger partial charge in [0.2, 0.25) is 0 Å². The second-order valence-corrected chi connectivity index (χ2v) is 7.06. The summed E-state index contributed by atoms with van der Waals surface area (Å²) in [4.78, 5) is 28.8. The van der Waals surface area contributed by atoms with E-state index in [0.717, 1.165) is 6.42 Å². The van der Waals surface area contributed by atoms with Crippen LogP contribution in [0.4, 0.5) is 5.69 Å². The van der Waals surface area contributed by atoms with Crippen molar-refractivity contribution in [2.45, 2.75) is 33.1 Å². The molecule has 0 saturated carbocycles. The Morgan fingerprint density at radius 3 is 2.28 bits per heavy atom. The lowest BCUT2D eigenvalue weighted by atomic mass is 10.0. The number of benzene rings is 2. The highest BCUT2D eigenvalue weighted by Gasteiger charge is 2.26. The van der Waals surface area contributed by atoms with E-state index in [2.05, 4.69) is 4.99 Å². The molecule has 3 rings (SSSR count). The first kappa shape index (κ1) is 22.8. The summed E-state index contributed by atoms with van der Waals surface area (Å²) in [6, 6.07) is 17.0. The van der Waals surface area contributed by atoms with Crippen molar-refractivity contribution in [2.75, 3.05) is 6.61 Å². The molecule has 3 aromatic rings. The Bertz CT molecular complexity index is 1160. The number of nitrogens with zero attached hydrogens (tertiary/aromatic N) is 1. The molecule has 0 atom stereocenters. The molecule has 0 radical (unpaired) electrons. The molecule has 0 aliphatic carbocycles. The second kappa shape index (κ2) is 10.4. The maximum absolute atomic E-state index is 12.3. The number of rotatable bonds is 9. The van der Waals surface area contributed by atoms with Crippen LogP contribution in [0.15, 0.2) is 68.8 Å². The quantitative estimate of drug-likeness (QED) is 0.369. The fraction of sp³-hybridized carbons (Fsp3) is 0.240. The van der Waals surface area contributed by atoms with Crippen molar-refractivity contribution in [1.82, 2.24) is 0 Å². The maximum Gasteiger partial charge on any atom is 0.351 e. The Labute approximate surface area is 185 Å². The third-order valence-electron chi connectivity index (χ3n) is 4.91. The van der Waals surface area contributed by atoms with Crippen molar-refractivity contribution in [3.8, 4) is 17.4 Å². The van der Waals surface area contributed by atoms with E-state index in [0.29, 0.717) is 18.0 Å². The zero-order chi connectivity index (χ0) is 23.1. The van der Waals surface area contributed by atoms with E-state index in [1.807, 2.05) is 30.3 Å². The standard InChI is InChI=1S/C25H25NO6/c1-3-19(21-23(28)22(20(27)4-2)25(30)32-24(21)29)26-17-10-12-18(13-11-17)31-15-14-16-8-6-5-7-9-16/h5-13,28,30H,3-4,14-15H2,1-2H3. The summed E-state index contributed by atoms with van der Waals surface area (Å²) < 4.78 is 10.5. The topological polar surface area (TPSA) is 109 Å². The molecule has 7 nitrogen and oxygen atoms in total. The fourth-order valence-corrected chi connectivity index (χ4v) is 3.21. The van der Waals surface area contributed by atoms with Gasteiger partial charge >= 0.3 is 5.63 Å². The zero-order valence-electron chi connectivity index (χ0n) is 18.0. The Morgan fingerprint density at radius 1 is 0.969 bits per heavy atom. The van der Waals surface area contributed by atoms with Crippen LogP contribution < -0.4 is 10.4 Å².